The van der Waals surface area contributed by atoms with Gasteiger partial charge in [0.25, 0.3) is 5.91 Å². The number of carbonyl (C=O) groups excluding carboxylic acids is 3. The Morgan fingerprint density at radius 1 is 0.750 bits per heavy atom. The topological polar surface area (TPSA) is 81.7 Å². The van der Waals surface area contributed by atoms with Crippen LogP contribution in [0, 0.1) is 0 Å². The lowest BCUT2D eigenvalue weighted by molar-refractivity contribution is 0.0280. The van der Waals surface area contributed by atoms with Crippen LogP contribution in [-0.4, -0.2) is 24.8 Å². The van der Waals surface area contributed by atoms with Crippen LogP contribution in [-0.2, 0) is 4.74 Å². The van der Waals surface area contributed by atoms with E-state index in [9.17, 15) is 14.4 Å². The minimum atomic E-state index is -1.15. The molecule has 4 aromatic carbocycles. The summed E-state index contributed by atoms with van der Waals surface area (Å²) in [5.74, 6) is -0.816. The van der Waals surface area contributed by atoms with Crippen LogP contribution in [0.5, 0.6) is 5.75 Å². The molecule has 0 aliphatic rings. The highest BCUT2D eigenvalue weighted by Crippen LogP contribution is 2.26. The number of esters is 1. The summed E-state index contributed by atoms with van der Waals surface area (Å²) >= 11 is 5.88. The van der Waals surface area contributed by atoms with Gasteiger partial charge in [-0.05, 0) is 66.7 Å². The van der Waals surface area contributed by atoms with Gasteiger partial charge in [0.2, 0.25) is 5.78 Å². The minimum absolute atomic E-state index is 0.187. The fourth-order valence-electron chi connectivity index (χ4n) is 3.51. The van der Waals surface area contributed by atoms with Crippen LogP contribution >= 0.6 is 11.6 Å². The van der Waals surface area contributed by atoms with Crippen LogP contribution in [0.4, 0.5) is 5.69 Å². The number of rotatable bonds is 8. The van der Waals surface area contributed by atoms with Gasteiger partial charge >= 0.3 is 5.97 Å². The number of anilines is 1. The van der Waals surface area contributed by atoms with Crippen LogP contribution in [0.1, 0.15) is 42.7 Å². The van der Waals surface area contributed by atoms with Gasteiger partial charge in [-0.15, -0.1) is 0 Å². The van der Waals surface area contributed by atoms with E-state index in [2.05, 4.69) is 5.32 Å². The first kappa shape index (κ1) is 24.7. The van der Waals surface area contributed by atoms with Gasteiger partial charge in [0, 0.05) is 27.4 Å². The Morgan fingerprint density at radius 2 is 1.42 bits per heavy atom. The number of carbonyl (C=O) groups is 3. The van der Waals surface area contributed by atoms with E-state index in [4.69, 9.17) is 21.1 Å². The minimum Gasteiger partial charge on any atom is -0.497 e. The zero-order chi connectivity index (χ0) is 25.5. The molecule has 0 radical (unpaired) electrons. The van der Waals surface area contributed by atoms with Gasteiger partial charge in [-0.25, -0.2) is 4.79 Å². The van der Waals surface area contributed by atoms with Crippen molar-refractivity contribution < 1.29 is 23.9 Å². The summed E-state index contributed by atoms with van der Waals surface area (Å²) in [6.45, 7) is 0. The number of ketones is 1. The summed E-state index contributed by atoms with van der Waals surface area (Å²) in [4.78, 5) is 38.9. The first-order chi connectivity index (χ1) is 17.4. The van der Waals surface area contributed by atoms with Crippen molar-refractivity contribution in [3.05, 3.63) is 130 Å². The third-order valence-corrected chi connectivity index (χ3v) is 5.65. The lowest BCUT2D eigenvalue weighted by Crippen LogP contribution is -2.20. The smallest absolute Gasteiger partial charge is 0.339 e. The summed E-state index contributed by atoms with van der Waals surface area (Å²) in [7, 11) is 1.54. The van der Waals surface area contributed by atoms with E-state index in [0.717, 1.165) is 0 Å². The fourth-order valence-corrected chi connectivity index (χ4v) is 3.64. The highest BCUT2D eigenvalue weighted by molar-refractivity contribution is 6.30. The van der Waals surface area contributed by atoms with Crippen molar-refractivity contribution in [3.8, 4) is 5.75 Å². The van der Waals surface area contributed by atoms with Gasteiger partial charge in [-0.2, -0.15) is 0 Å². The van der Waals surface area contributed by atoms with Gasteiger partial charge in [0.15, 0.2) is 6.10 Å². The zero-order valence-corrected chi connectivity index (χ0v) is 20.1. The van der Waals surface area contributed by atoms with E-state index in [0.29, 0.717) is 33.1 Å². The molecule has 0 aromatic heterocycles. The first-order valence-corrected chi connectivity index (χ1v) is 11.4. The number of nitrogens with one attached hydrogen (secondary N) is 1. The maximum absolute atomic E-state index is 13.3. The molecule has 4 rings (SSSR count). The maximum Gasteiger partial charge on any atom is 0.339 e. The van der Waals surface area contributed by atoms with Crippen molar-refractivity contribution in [2.24, 2.45) is 0 Å². The number of hydrogen-bond acceptors (Lipinski definition) is 5. The van der Waals surface area contributed by atoms with Gasteiger partial charge in [0.1, 0.15) is 5.75 Å². The van der Waals surface area contributed by atoms with E-state index in [-0.39, 0.29) is 17.3 Å². The van der Waals surface area contributed by atoms with Crippen LogP contribution in [0.3, 0.4) is 0 Å². The van der Waals surface area contributed by atoms with Crippen LogP contribution in [0.2, 0.25) is 5.02 Å². The van der Waals surface area contributed by atoms with Gasteiger partial charge in [-0.1, -0.05) is 48.0 Å². The number of ether oxygens (including phenoxy) is 2. The molecule has 0 fully saturated rings. The first-order valence-electron chi connectivity index (χ1n) is 11.1. The molecule has 180 valence electrons. The number of amides is 1. The standard InChI is InChI=1S/C29H22ClNO5/c1-35-25-16-12-19(13-17-25)26(32)27(20-6-3-2-4-7-20)36-29(34)22-8-5-9-24(18-22)31-28(33)21-10-14-23(30)15-11-21/h2-18,27H,1H3,(H,31,33). The van der Waals surface area contributed by atoms with Gasteiger partial charge in [-0.3, -0.25) is 9.59 Å². The molecule has 0 saturated carbocycles. The molecule has 7 heteroatoms. The van der Waals surface area contributed by atoms with E-state index >= 15 is 0 Å². The van der Waals surface area contributed by atoms with Crippen LogP contribution in [0.25, 0.3) is 0 Å². The Hall–Kier alpha value is -4.42. The number of methoxy groups -OCH3 is 1. The predicted octanol–water partition coefficient (Wildman–Crippen LogP) is 6.38. The third kappa shape index (κ3) is 5.98. The molecule has 4 aromatic rings. The molecule has 0 aliphatic heterocycles. The summed E-state index contributed by atoms with van der Waals surface area (Å²) < 4.78 is 10.9. The van der Waals surface area contributed by atoms with Crippen molar-refractivity contribution in [1.29, 1.82) is 0 Å². The summed E-state index contributed by atoms with van der Waals surface area (Å²) in [5, 5.41) is 3.27. The maximum atomic E-state index is 13.3. The van der Waals surface area contributed by atoms with E-state index in [1.807, 2.05) is 6.07 Å². The second-order valence-electron chi connectivity index (χ2n) is 7.83. The summed E-state index contributed by atoms with van der Waals surface area (Å²) in [6.07, 6.45) is -1.15. The van der Waals surface area contributed by atoms with Crippen molar-refractivity contribution in [3.63, 3.8) is 0 Å². The van der Waals surface area contributed by atoms with Crippen molar-refractivity contribution in [1.82, 2.24) is 0 Å². The molecule has 1 unspecified atom stereocenters. The largest absolute Gasteiger partial charge is 0.497 e. The molecule has 0 saturated heterocycles. The molecular weight excluding hydrogens is 478 g/mol. The van der Waals surface area contributed by atoms with Crippen molar-refractivity contribution in [2.75, 3.05) is 12.4 Å². The van der Waals surface area contributed by atoms with E-state index < -0.39 is 12.1 Å². The van der Waals surface area contributed by atoms with E-state index in [1.54, 1.807) is 91.0 Å². The highest BCUT2D eigenvalue weighted by Gasteiger charge is 2.27. The molecular formula is C29H22ClNO5. The molecule has 1 N–H and O–H groups in total. The Labute approximate surface area is 213 Å². The fraction of sp³-hybridized carbons (Fsp3) is 0.0690. The van der Waals surface area contributed by atoms with E-state index in [1.165, 1.54) is 13.2 Å². The normalized spacial score (nSPS) is 11.3. The Bertz CT molecular complexity index is 1370. The quantitative estimate of drug-likeness (QED) is 0.224. The SMILES string of the molecule is COc1ccc(C(=O)C(OC(=O)c2cccc(NC(=O)c3ccc(Cl)cc3)c2)c2ccccc2)cc1. The van der Waals surface area contributed by atoms with Gasteiger partial charge in [0.05, 0.1) is 12.7 Å². The Morgan fingerprint density at radius 3 is 2.08 bits per heavy atom. The number of hydrogen-bond donors (Lipinski definition) is 1. The second kappa shape index (κ2) is 11.3. The van der Waals surface area contributed by atoms with Crippen LogP contribution in [0.15, 0.2) is 103 Å². The average Bonchev–Trinajstić information content (AvgIpc) is 2.92. The molecule has 0 heterocycles. The van der Waals surface area contributed by atoms with Crippen LogP contribution < -0.4 is 10.1 Å². The Balaban J connectivity index is 1.54. The number of Topliss-reactive ketones (excluding diaryl/α,β-unsaturated/α-hetero) is 1. The second-order valence-corrected chi connectivity index (χ2v) is 8.27. The average molecular weight is 500 g/mol. The van der Waals surface area contributed by atoms with Crippen molar-refractivity contribution in [2.45, 2.75) is 6.10 Å². The highest BCUT2D eigenvalue weighted by atomic mass is 35.5. The molecule has 36 heavy (non-hydrogen) atoms. The molecule has 0 bridgehead atoms. The number of halogens is 1. The monoisotopic (exact) mass is 499 g/mol. The predicted molar refractivity (Wildman–Crippen MR) is 138 cm³/mol. The van der Waals surface area contributed by atoms with Crippen molar-refractivity contribution >= 4 is 34.9 Å². The molecule has 0 aliphatic carbocycles. The zero-order valence-electron chi connectivity index (χ0n) is 19.3. The number of benzene rings is 4. The molecule has 6 nitrogen and oxygen atoms in total. The lowest BCUT2D eigenvalue weighted by atomic mass is 9.99. The molecule has 0 spiro atoms. The molecule has 1 amide bonds. The molecule has 1 atom stereocenters. The summed E-state index contributed by atoms with van der Waals surface area (Å²) in [6, 6.07) is 28.2. The van der Waals surface area contributed by atoms with Gasteiger partial charge < -0.3 is 14.8 Å². The lowest BCUT2D eigenvalue weighted by Gasteiger charge is -2.18. The Kier molecular flexibility index (Phi) is 7.78. The summed E-state index contributed by atoms with van der Waals surface area (Å²) in [5.41, 5.74) is 1.93. The third-order valence-electron chi connectivity index (χ3n) is 5.40.